The van der Waals surface area contributed by atoms with Crippen molar-refractivity contribution in [3.63, 3.8) is 0 Å². The van der Waals surface area contributed by atoms with Gasteiger partial charge in [-0.1, -0.05) is 29.6 Å². The molecule has 0 aliphatic carbocycles. The fourth-order valence-corrected chi connectivity index (χ4v) is 3.74. The van der Waals surface area contributed by atoms with Gasteiger partial charge in [-0.15, -0.1) is 10.2 Å². The van der Waals surface area contributed by atoms with Crippen LogP contribution >= 0.6 is 23.5 Å². The summed E-state index contributed by atoms with van der Waals surface area (Å²) in [5.41, 5.74) is 0.248. The first kappa shape index (κ1) is 19.7. The van der Waals surface area contributed by atoms with Gasteiger partial charge in [0.25, 0.3) is 5.76 Å². The van der Waals surface area contributed by atoms with Crippen LogP contribution in [0.15, 0.2) is 46.6 Å². The van der Waals surface area contributed by atoms with Crippen molar-refractivity contribution in [2.45, 2.75) is 27.7 Å². The van der Waals surface area contributed by atoms with Crippen LogP contribution in [-0.2, 0) is 11.9 Å². The lowest BCUT2D eigenvalue weighted by Crippen LogP contribution is -2.06. The number of hydrogen-bond donors (Lipinski definition) is 0. The maximum atomic E-state index is 12.9. The predicted molar refractivity (Wildman–Crippen MR) is 92.4 cm³/mol. The van der Waals surface area contributed by atoms with Crippen molar-refractivity contribution in [3.8, 4) is 5.75 Å². The third-order valence-electron chi connectivity index (χ3n) is 3.51. The summed E-state index contributed by atoms with van der Waals surface area (Å²) in [7, 11) is 1.38. The summed E-state index contributed by atoms with van der Waals surface area (Å²) in [5, 5.41) is 8.05. The second-order valence-electron chi connectivity index (χ2n) is 5.28. The van der Waals surface area contributed by atoms with Crippen LogP contribution in [0.5, 0.6) is 5.75 Å². The van der Waals surface area contributed by atoms with Crippen molar-refractivity contribution in [3.05, 3.63) is 47.7 Å². The van der Waals surface area contributed by atoms with Gasteiger partial charge in [-0.25, -0.2) is 0 Å². The number of pyridine rings is 1. The van der Waals surface area contributed by atoms with Crippen LogP contribution in [0.2, 0.25) is 0 Å². The number of rotatable bonds is 6. The van der Waals surface area contributed by atoms with Crippen LogP contribution in [0.3, 0.4) is 0 Å². The minimum atomic E-state index is -4.47. The number of fused-ring (bicyclic) bond motifs is 1. The average Bonchev–Trinajstić information content (AvgIpc) is 3.02. The molecule has 144 valence electrons. The number of alkyl halides is 5. The molecule has 0 bridgehead atoms. The number of hydrogen-bond acceptors (Lipinski definition) is 5. The van der Waals surface area contributed by atoms with Crippen LogP contribution in [0.1, 0.15) is 11.1 Å². The van der Waals surface area contributed by atoms with Crippen molar-refractivity contribution in [2.24, 2.45) is 0 Å². The molecule has 3 aromatic rings. The Morgan fingerprint density at radius 3 is 2.59 bits per heavy atom. The van der Waals surface area contributed by atoms with E-state index in [9.17, 15) is 22.0 Å². The maximum Gasteiger partial charge on any atom is 0.417 e. The summed E-state index contributed by atoms with van der Waals surface area (Å²) in [6.07, 6.45) is -3.52. The third kappa shape index (κ3) is 4.64. The highest BCUT2D eigenvalue weighted by Crippen LogP contribution is 2.35. The number of thioether (sulfide) groups is 2. The number of ether oxygens (including phenoxy) is 1. The van der Waals surface area contributed by atoms with Crippen LogP contribution in [0.25, 0.3) is 5.65 Å². The van der Waals surface area contributed by atoms with Gasteiger partial charge in [-0.05, 0) is 29.8 Å². The molecule has 11 heteroatoms. The Hall–Kier alpha value is -2.01. The molecule has 0 spiro atoms. The smallest absolute Gasteiger partial charge is 0.417 e. The van der Waals surface area contributed by atoms with Crippen LogP contribution in [0, 0.1) is 0 Å². The summed E-state index contributed by atoms with van der Waals surface area (Å²) < 4.78 is 70.1. The summed E-state index contributed by atoms with van der Waals surface area (Å²) in [5.74, 6) is -1.90. The molecule has 0 atom stereocenters. The van der Waals surface area contributed by atoms with Gasteiger partial charge < -0.3 is 4.74 Å². The number of halogens is 5. The number of aromatic nitrogens is 3. The zero-order valence-corrected chi connectivity index (χ0v) is 15.3. The Labute approximate surface area is 159 Å². The molecular weight excluding hydrogens is 409 g/mol. The van der Waals surface area contributed by atoms with Crippen LogP contribution < -0.4 is 4.74 Å². The minimum absolute atomic E-state index is 0.293. The first-order valence-electron chi connectivity index (χ1n) is 7.44. The lowest BCUT2D eigenvalue weighted by molar-refractivity contribution is -0.137. The van der Waals surface area contributed by atoms with E-state index in [-0.39, 0.29) is 0 Å². The molecule has 2 heterocycles. The molecule has 0 amide bonds. The predicted octanol–water partition coefficient (Wildman–Crippen LogP) is 5.36. The molecular formula is C16H12F5N3OS2. The zero-order chi connectivity index (χ0) is 19.6. The first-order chi connectivity index (χ1) is 12.8. The van der Waals surface area contributed by atoms with Gasteiger partial charge in [0.2, 0.25) is 0 Å². The fourth-order valence-electron chi connectivity index (χ4n) is 2.28. The third-order valence-corrected chi connectivity index (χ3v) is 5.29. The van der Waals surface area contributed by atoms with Crippen molar-refractivity contribution in [2.75, 3.05) is 7.11 Å². The highest BCUT2D eigenvalue weighted by atomic mass is 32.2. The standard InChI is InChI=1S/C16H12F5N3OS2/c1-25-11-6-9(2-4-12(11)27-14(17)18)8-26-15-23-22-13-5-3-10(7-24(13)15)16(19,20)21/h2-7,14H,8H2,1H3. The highest BCUT2D eigenvalue weighted by Gasteiger charge is 2.31. The SMILES string of the molecule is COc1cc(CSc2nnc3ccc(C(F)(F)F)cn23)ccc1SC(F)F. The van der Waals surface area contributed by atoms with E-state index in [0.717, 1.165) is 17.8 Å². The number of benzene rings is 1. The molecule has 0 saturated carbocycles. The Bertz CT molecular complexity index is 945. The average molecular weight is 421 g/mol. The van der Waals surface area contributed by atoms with E-state index in [1.807, 2.05) is 0 Å². The molecule has 2 aromatic heterocycles. The van der Waals surface area contributed by atoms with Crippen LogP contribution in [-0.4, -0.2) is 27.5 Å². The van der Waals surface area contributed by atoms with Crippen molar-refractivity contribution in [1.29, 1.82) is 0 Å². The normalized spacial score (nSPS) is 12.1. The van der Waals surface area contributed by atoms with Crippen molar-refractivity contribution in [1.82, 2.24) is 14.6 Å². The summed E-state index contributed by atoms with van der Waals surface area (Å²) in [4.78, 5) is 0.309. The molecule has 27 heavy (non-hydrogen) atoms. The first-order valence-corrected chi connectivity index (χ1v) is 9.31. The molecule has 0 N–H and O–H groups in total. The molecule has 0 fully saturated rings. The van der Waals surface area contributed by atoms with E-state index in [1.54, 1.807) is 12.1 Å². The summed E-state index contributed by atoms with van der Waals surface area (Å²) >= 11 is 1.56. The quantitative estimate of drug-likeness (QED) is 0.396. The minimum Gasteiger partial charge on any atom is -0.496 e. The summed E-state index contributed by atoms with van der Waals surface area (Å²) in [6, 6.07) is 6.99. The lowest BCUT2D eigenvalue weighted by Gasteiger charge is -2.10. The molecule has 3 rings (SSSR count). The van der Waals surface area contributed by atoms with Crippen molar-refractivity contribution < 1.29 is 26.7 Å². The monoisotopic (exact) mass is 421 g/mol. The van der Waals surface area contributed by atoms with Gasteiger partial charge in [0.1, 0.15) is 5.75 Å². The van der Waals surface area contributed by atoms with Gasteiger partial charge in [-0.3, -0.25) is 4.40 Å². The molecule has 1 aromatic carbocycles. The largest absolute Gasteiger partial charge is 0.496 e. The molecule has 0 saturated heterocycles. The van der Waals surface area contributed by atoms with Crippen molar-refractivity contribution >= 4 is 29.2 Å². The molecule has 0 radical (unpaired) electrons. The van der Waals surface area contributed by atoms with Gasteiger partial charge in [0.05, 0.1) is 17.6 Å². The highest BCUT2D eigenvalue weighted by molar-refractivity contribution is 7.99. The topological polar surface area (TPSA) is 39.4 Å². The summed E-state index contributed by atoms with van der Waals surface area (Å²) in [6.45, 7) is 0. The Balaban J connectivity index is 1.80. The Kier molecular flexibility index (Phi) is 5.80. The molecule has 0 aliphatic heterocycles. The lowest BCUT2D eigenvalue weighted by atomic mass is 10.2. The molecule has 0 aliphatic rings. The Morgan fingerprint density at radius 1 is 1.15 bits per heavy atom. The fraction of sp³-hybridized carbons (Fsp3) is 0.250. The van der Waals surface area contributed by atoms with E-state index in [0.29, 0.717) is 39.0 Å². The van der Waals surface area contributed by atoms with E-state index < -0.39 is 17.5 Å². The Morgan fingerprint density at radius 2 is 1.93 bits per heavy atom. The van der Waals surface area contributed by atoms with Gasteiger partial charge >= 0.3 is 6.18 Å². The second-order valence-corrected chi connectivity index (χ2v) is 7.25. The second kappa shape index (κ2) is 7.93. The van der Waals surface area contributed by atoms with Crippen LogP contribution in [0.4, 0.5) is 22.0 Å². The van der Waals surface area contributed by atoms with E-state index in [2.05, 4.69) is 10.2 Å². The van der Waals surface area contributed by atoms with E-state index in [4.69, 9.17) is 4.74 Å². The zero-order valence-electron chi connectivity index (χ0n) is 13.7. The molecule has 4 nitrogen and oxygen atoms in total. The number of methoxy groups -OCH3 is 1. The van der Waals surface area contributed by atoms with Gasteiger partial charge in [0, 0.05) is 11.9 Å². The van der Waals surface area contributed by atoms with E-state index in [1.165, 1.54) is 35.4 Å². The van der Waals surface area contributed by atoms with Gasteiger partial charge in [0.15, 0.2) is 10.8 Å². The maximum absolute atomic E-state index is 12.9. The van der Waals surface area contributed by atoms with Gasteiger partial charge in [-0.2, -0.15) is 22.0 Å². The number of nitrogens with zero attached hydrogens (tertiary/aromatic N) is 3. The van der Waals surface area contributed by atoms with E-state index >= 15 is 0 Å². The molecule has 0 unspecified atom stereocenters.